The van der Waals surface area contributed by atoms with E-state index in [-0.39, 0.29) is 36.0 Å². The van der Waals surface area contributed by atoms with Crippen LogP contribution in [0.15, 0.2) is 42.7 Å². The number of anilines is 1. The third-order valence-electron chi connectivity index (χ3n) is 9.03. The zero-order valence-corrected chi connectivity index (χ0v) is 23.2. The minimum Gasteiger partial charge on any atom is -0.460 e. The Labute approximate surface area is 225 Å². The number of halogens is 1. The summed E-state index contributed by atoms with van der Waals surface area (Å²) in [6.07, 6.45) is 11.0. The number of hydrogen-bond donors (Lipinski definition) is 0. The Morgan fingerprint density at radius 1 is 1.16 bits per heavy atom. The number of allylic oxidation sites excluding steroid dienone is 2. The van der Waals surface area contributed by atoms with Gasteiger partial charge < -0.3 is 9.64 Å². The standard InChI is InChI=1S/C32H39FN2O3/c1-31(2,3)38-30(37)13-12-29(36)35(5)23-7-9-24-20(17-23)6-8-26-25(24)14-15-32(4)27(10-11-28(26)32)21-16-22(33)19-34-18-21/h7,9-10,16-19,25-26,28H,6,8,11-15H2,1-5H3/t25?,26?,28?,32-/m1/s1. The average molecular weight is 519 g/mol. The quantitative estimate of drug-likeness (QED) is 0.406. The van der Waals surface area contributed by atoms with E-state index in [1.54, 1.807) is 24.2 Å². The molecule has 5 nitrogen and oxygen atoms in total. The highest BCUT2D eigenvalue weighted by molar-refractivity contribution is 5.94. The van der Waals surface area contributed by atoms with E-state index in [9.17, 15) is 14.0 Å². The number of benzene rings is 1. The molecule has 0 aliphatic heterocycles. The maximum absolute atomic E-state index is 13.9. The number of pyridine rings is 1. The third-order valence-corrected chi connectivity index (χ3v) is 9.03. The molecule has 1 fully saturated rings. The van der Waals surface area contributed by atoms with Gasteiger partial charge in [0.15, 0.2) is 0 Å². The van der Waals surface area contributed by atoms with Crippen LogP contribution in [0, 0.1) is 23.1 Å². The molecule has 4 atom stereocenters. The van der Waals surface area contributed by atoms with Crippen molar-refractivity contribution in [2.45, 2.75) is 84.2 Å². The van der Waals surface area contributed by atoms with Crippen LogP contribution in [0.4, 0.5) is 10.1 Å². The lowest BCUT2D eigenvalue weighted by Gasteiger charge is -2.50. The van der Waals surface area contributed by atoms with Crippen LogP contribution in [-0.2, 0) is 20.7 Å². The predicted molar refractivity (Wildman–Crippen MR) is 147 cm³/mol. The number of carbonyl (C=O) groups is 2. The Hall–Kier alpha value is -3.02. The molecule has 2 aromatic rings. The molecule has 3 unspecified atom stereocenters. The topological polar surface area (TPSA) is 59.5 Å². The number of nitrogens with zero attached hydrogens (tertiary/aromatic N) is 2. The minimum atomic E-state index is -0.550. The number of rotatable bonds is 5. The van der Waals surface area contributed by atoms with Gasteiger partial charge in [-0.15, -0.1) is 0 Å². The molecule has 1 saturated carbocycles. The molecule has 0 N–H and O–H groups in total. The number of hydrogen-bond acceptors (Lipinski definition) is 4. The molecule has 1 amide bonds. The highest BCUT2D eigenvalue weighted by atomic mass is 19.1. The fraction of sp³-hybridized carbons (Fsp3) is 0.531. The van der Waals surface area contributed by atoms with Crippen molar-refractivity contribution in [1.29, 1.82) is 0 Å². The van der Waals surface area contributed by atoms with E-state index in [1.807, 2.05) is 20.8 Å². The first-order valence-electron chi connectivity index (χ1n) is 13.9. The molecule has 3 aliphatic rings. The van der Waals surface area contributed by atoms with Gasteiger partial charge in [-0.1, -0.05) is 19.1 Å². The van der Waals surface area contributed by atoms with Gasteiger partial charge in [0.05, 0.1) is 12.6 Å². The normalized spacial score (nSPS) is 26.1. The van der Waals surface area contributed by atoms with Gasteiger partial charge in [0, 0.05) is 25.4 Å². The molecular formula is C32H39FN2O3. The number of carbonyl (C=O) groups excluding carboxylic acids is 2. The van der Waals surface area contributed by atoms with Crippen LogP contribution < -0.4 is 4.90 Å². The molecule has 5 rings (SSSR count). The number of esters is 1. The summed E-state index contributed by atoms with van der Waals surface area (Å²) < 4.78 is 19.3. The van der Waals surface area contributed by atoms with E-state index in [2.05, 4.69) is 36.2 Å². The van der Waals surface area contributed by atoms with Gasteiger partial charge >= 0.3 is 5.97 Å². The van der Waals surface area contributed by atoms with Crippen LogP contribution in [0.5, 0.6) is 0 Å². The molecule has 1 aromatic carbocycles. The summed E-state index contributed by atoms with van der Waals surface area (Å²) in [6, 6.07) is 8.07. The van der Waals surface area contributed by atoms with Crippen molar-refractivity contribution in [3.63, 3.8) is 0 Å². The Morgan fingerprint density at radius 2 is 1.95 bits per heavy atom. The summed E-state index contributed by atoms with van der Waals surface area (Å²) >= 11 is 0. The van der Waals surface area contributed by atoms with Crippen LogP contribution in [-0.4, -0.2) is 29.5 Å². The number of aryl methyl sites for hydroxylation is 1. The second-order valence-electron chi connectivity index (χ2n) is 12.5. The second kappa shape index (κ2) is 9.94. The molecule has 3 aliphatic carbocycles. The molecule has 0 bridgehead atoms. The maximum Gasteiger partial charge on any atom is 0.306 e. The van der Waals surface area contributed by atoms with Gasteiger partial charge in [-0.25, -0.2) is 4.39 Å². The summed E-state index contributed by atoms with van der Waals surface area (Å²) in [6.45, 7) is 7.85. The van der Waals surface area contributed by atoms with Gasteiger partial charge in [-0.3, -0.25) is 14.6 Å². The fourth-order valence-corrected chi connectivity index (χ4v) is 7.26. The minimum absolute atomic E-state index is 0.0505. The summed E-state index contributed by atoms with van der Waals surface area (Å²) in [5, 5.41) is 0. The zero-order valence-electron chi connectivity index (χ0n) is 23.2. The molecule has 0 radical (unpaired) electrons. The Morgan fingerprint density at radius 3 is 2.68 bits per heavy atom. The SMILES string of the molecule is CN(C(=O)CCC(=O)OC(C)(C)C)c1ccc2c(c1)CCC1C2CC[C@]2(C)C(c3cncc(F)c3)=CCC12. The lowest BCUT2D eigenvalue weighted by atomic mass is 9.54. The second-order valence-corrected chi connectivity index (χ2v) is 12.5. The van der Waals surface area contributed by atoms with Gasteiger partial charge in [-0.05, 0) is 117 Å². The van der Waals surface area contributed by atoms with Crippen molar-refractivity contribution < 1.29 is 18.7 Å². The Balaban J connectivity index is 1.28. The van der Waals surface area contributed by atoms with E-state index in [0.717, 1.165) is 43.4 Å². The zero-order chi connectivity index (χ0) is 27.2. The van der Waals surface area contributed by atoms with Gasteiger partial charge in [0.25, 0.3) is 0 Å². The summed E-state index contributed by atoms with van der Waals surface area (Å²) in [7, 11) is 1.78. The predicted octanol–water partition coefficient (Wildman–Crippen LogP) is 6.86. The van der Waals surface area contributed by atoms with Crippen molar-refractivity contribution in [1.82, 2.24) is 4.98 Å². The van der Waals surface area contributed by atoms with Crippen molar-refractivity contribution in [3.8, 4) is 0 Å². The van der Waals surface area contributed by atoms with E-state index in [1.165, 1.54) is 22.9 Å². The lowest BCUT2D eigenvalue weighted by molar-refractivity contribution is -0.155. The summed E-state index contributed by atoms with van der Waals surface area (Å²) in [4.78, 5) is 30.6. The van der Waals surface area contributed by atoms with Crippen LogP contribution in [0.1, 0.15) is 88.8 Å². The molecule has 1 aromatic heterocycles. The van der Waals surface area contributed by atoms with E-state index in [4.69, 9.17) is 4.74 Å². The lowest BCUT2D eigenvalue weighted by Crippen LogP contribution is -2.41. The van der Waals surface area contributed by atoms with Crippen molar-refractivity contribution in [2.75, 3.05) is 11.9 Å². The first-order valence-corrected chi connectivity index (χ1v) is 13.9. The molecular weight excluding hydrogens is 479 g/mol. The number of ether oxygens (including phenoxy) is 1. The number of aromatic nitrogens is 1. The molecule has 0 saturated heterocycles. The fourth-order valence-electron chi connectivity index (χ4n) is 7.26. The van der Waals surface area contributed by atoms with Gasteiger partial charge in [-0.2, -0.15) is 0 Å². The highest BCUT2D eigenvalue weighted by Gasteiger charge is 2.52. The van der Waals surface area contributed by atoms with E-state index >= 15 is 0 Å². The van der Waals surface area contributed by atoms with Gasteiger partial charge in [0.2, 0.25) is 5.91 Å². The van der Waals surface area contributed by atoms with Crippen LogP contribution in [0.2, 0.25) is 0 Å². The largest absolute Gasteiger partial charge is 0.460 e. The molecule has 38 heavy (non-hydrogen) atoms. The molecule has 6 heteroatoms. The first kappa shape index (κ1) is 26.6. The smallest absolute Gasteiger partial charge is 0.306 e. The molecule has 202 valence electrons. The van der Waals surface area contributed by atoms with Crippen molar-refractivity contribution in [3.05, 3.63) is 65.2 Å². The Kier molecular flexibility index (Phi) is 6.95. The van der Waals surface area contributed by atoms with E-state index < -0.39 is 5.60 Å². The average Bonchev–Trinajstić information content (AvgIpc) is 3.22. The first-order chi connectivity index (χ1) is 18.0. The van der Waals surface area contributed by atoms with Gasteiger partial charge in [0.1, 0.15) is 11.4 Å². The van der Waals surface area contributed by atoms with Crippen molar-refractivity contribution in [2.24, 2.45) is 17.3 Å². The number of amides is 1. The van der Waals surface area contributed by atoms with Crippen LogP contribution in [0.25, 0.3) is 5.57 Å². The third kappa shape index (κ3) is 5.02. The molecule has 1 heterocycles. The summed E-state index contributed by atoms with van der Waals surface area (Å²) in [5.41, 5.74) is 5.32. The van der Waals surface area contributed by atoms with Crippen molar-refractivity contribution >= 4 is 23.1 Å². The summed E-state index contributed by atoms with van der Waals surface area (Å²) in [5.74, 6) is 0.935. The number of fused-ring (bicyclic) bond motifs is 5. The maximum atomic E-state index is 13.9. The van der Waals surface area contributed by atoms with Crippen LogP contribution >= 0.6 is 0 Å². The highest BCUT2D eigenvalue weighted by Crippen LogP contribution is 2.63. The van der Waals surface area contributed by atoms with E-state index in [0.29, 0.717) is 17.8 Å². The molecule has 0 spiro atoms. The van der Waals surface area contributed by atoms with Crippen LogP contribution in [0.3, 0.4) is 0 Å². The monoisotopic (exact) mass is 518 g/mol. The Bertz CT molecular complexity index is 1280.